The van der Waals surface area contributed by atoms with Crippen LogP contribution in [-0.2, 0) is 9.53 Å². The van der Waals surface area contributed by atoms with Crippen molar-refractivity contribution in [3.63, 3.8) is 0 Å². The Labute approximate surface area is 100 Å². The normalized spacial score (nSPS) is 9.88. The Morgan fingerprint density at radius 2 is 2.41 bits per heavy atom. The standard InChI is InChI=1S/C10H8N2O4S/c13-8(12-10-11-2-4-17-10)6-16-9(14)7-1-3-15-5-7/h1-5H,6H2,(H,11,12,13). The number of rotatable bonds is 4. The third-order valence-corrected chi connectivity index (χ3v) is 2.46. The van der Waals surface area contributed by atoms with E-state index in [0.717, 1.165) is 0 Å². The smallest absolute Gasteiger partial charge is 0.341 e. The van der Waals surface area contributed by atoms with Gasteiger partial charge in [-0.2, -0.15) is 0 Å². The van der Waals surface area contributed by atoms with E-state index in [-0.39, 0.29) is 12.2 Å². The Balaban J connectivity index is 1.79. The van der Waals surface area contributed by atoms with Gasteiger partial charge in [0.05, 0.1) is 11.8 Å². The number of anilines is 1. The second-order valence-corrected chi connectivity index (χ2v) is 3.87. The van der Waals surface area contributed by atoms with E-state index in [2.05, 4.69) is 10.3 Å². The summed E-state index contributed by atoms with van der Waals surface area (Å²) >= 11 is 1.28. The molecular weight excluding hydrogens is 244 g/mol. The van der Waals surface area contributed by atoms with Crippen molar-refractivity contribution in [3.05, 3.63) is 35.7 Å². The molecule has 2 heterocycles. The van der Waals surface area contributed by atoms with Crippen LogP contribution in [0.25, 0.3) is 0 Å². The maximum atomic E-state index is 11.3. The number of carbonyl (C=O) groups is 2. The van der Waals surface area contributed by atoms with Gasteiger partial charge >= 0.3 is 5.97 Å². The van der Waals surface area contributed by atoms with Crippen LogP contribution >= 0.6 is 11.3 Å². The molecule has 0 unspecified atom stereocenters. The minimum Gasteiger partial charge on any atom is -0.472 e. The average Bonchev–Trinajstić information content (AvgIpc) is 2.97. The van der Waals surface area contributed by atoms with E-state index in [9.17, 15) is 9.59 Å². The van der Waals surface area contributed by atoms with Gasteiger partial charge in [-0.3, -0.25) is 10.1 Å². The summed E-state index contributed by atoms with van der Waals surface area (Å²) in [4.78, 5) is 26.5. The predicted molar refractivity (Wildman–Crippen MR) is 59.7 cm³/mol. The highest BCUT2D eigenvalue weighted by Crippen LogP contribution is 2.10. The SMILES string of the molecule is O=C(COC(=O)c1ccoc1)Nc1nccs1. The van der Waals surface area contributed by atoms with Crippen molar-refractivity contribution < 1.29 is 18.7 Å². The van der Waals surface area contributed by atoms with E-state index in [1.807, 2.05) is 0 Å². The first-order chi connectivity index (χ1) is 8.25. The number of nitrogens with zero attached hydrogens (tertiary/aromatic N) is 1. The molecule has 0 saturated heterocycles. The molecule has 1 N–H and O–H groups in total. The molecule has 0 atom stereocenters. The lowest BCUT2D eigenvalue weighted by Gasteiger charge is -2.02. The Hall–Kier alpha value is -2.15. The molecule has 7 heteroatoms. The van der Waals surface area contributed by atoms with Gasteiger partial charge < -0.3 is 9.15 Å². The number of carbonyl (C=O) groups excluding carboxylic acids is 2. The van der Waals surface area contributed by atoms with Crippen LogP contribution in [0.4, 0.5) is 5.13 Å². The lowest BCUT2D eigenvalue weighted by molar-refractivity contribution is -0.119. The van der Waals surface area contributed by atoms with Crippen molar-refractivity contribution in [2.24, 2.45) is 0 Å². The van der Waals surface area contributed by atoms with E-state index in [0.29, 0.717) is 5.13 Å². The number of hydrogen-bond acceptors (Lipinski definition) is 6. The van der Waals surface area contributed by atoms with Gasteiger partial charge in [-0.15, -0.1) is 11.3 Å². The molecule has 2 aromatic heterocycles. The maximum Gasteiger partial charge on any atom is 0.341 e. The average molecular weight is 252 g/mol. The third kappa shape index (κ3) is 3.15. The van der Waals surface area contributed by atoms with Crippen molar-refractivity contribution >= 4 is 28.3 Å². The van der Waals surface area contributed by atoms with Crippen molar-refractivity contribution in [2.75, 3.05) is 11.9 Å². The van der Waals surface area contributed by atoms with Crippen molar-refractivity contribution in [2.45, 2.75) is 0 Å². The summed E-state index contributed by atoms with van der Waals surface area (Å²) in [6, 6.07) is 1.46. The van der Waals surface area contributed by atoms with Crippen molar-refractivity contribution in [1.82, 2.24) is 4.98 Å². The molecule has 0 spiro atoms. The summed E-state index contributed by atoms with van der Waals surface area (Å²) in [6.45, 7) is -0.358. The number of amides is 1. The molecule has 0 radical (unpaired) electrons. The number of furan rings is 1. The first-order valence-electron chi connectivity index (χ1n) is 4.64. The van der Waals surface area contributed by atoms with Gasteiger partial charge in [0.2, 0.25) is 0 Å². The molecule has 0 aliphatic rings. The molecule has 0 bridgehead atoms. The van der Waals surface area contributed by atoms with Gasteiger partial charge in [-0.1, -0.05) is 0 Å². The molecule has 0 aliphatic carbocycles. The maximum absolute atomic E-state index is 11.3. The fraction of sp³-hybridized carbons (Fsp3) is 0.100. The number of esters is 1. The Morgan fingerprint density at radius 1 is 1.53 bits per heavy atom. The largest absolute Gasteiger partial charge is 0.472 e. The molecule has 0 aromatic carbocycles. The van der Waals surface area contributed by atoms with Gasteiger partial charge in [0, 0.05) is 11.6 Å². The van der Waals surface area contributed by atoms with Gasteiger partial charge in [0.1, 0.15) is 6.26 Å². The lowest BCUT2D eigenvalue weighted by atomic mass is 10.3. The van der Waals surface area contributed by atoms with Crippen molar-refractivity contribution in [1.29, 1.82) is 0 Å². The molecule has 1 amide bonds. The van der Waals surface area contributed by atoms with E-state index >= 15 is 0 Å². The molecular formula is C10H8N2O4S. The van der Waals surface area contributed by atoms with Gasteiger partial charge in [-0.25, -0.2) is 9.78 Å². The fourth-order valence-corrected chi connectivity index (χ4v) is 1.58. The highest BCUT2D eigenvalue weighted by Gasteiger charge is 2.11. The Bertz CT molecular complexity index is 492. The molecule has 6 nitrogen and oxygen atoms in total. The third-order valence-electron chi connectivity index (χ3n) is 1.77. The fourth-order valence-electron chi connectivity index (χ4n) is 1.04. The molecule has 0 fully saturated rings. The highest BCUT2D eigenvalue weighted by molar-refractivity contribution is 7.13. The van der Waals surface area contributed by atoms with Crippen LogP contribution in [0, 0.1) is 0 Å². The predicted octanol–water partition coefficient (Wildman–Crippen LogP) is 1.53. The minimum atomic E-state index is -0.604. The molecule has 17 heavy (non-hydrogen) atoms. The first kappa shape index (κ1) is 11.3. The molecule has 88 valence electrons. The molecule has 0 aliphatic heterocycles. The first-order valence-corrected chi connectivity index (χ1v) is 5.52. The van der Waals surface area contributed by atoms with Crippen LogP contribution in [0.3, 0.4) is 0 Å². The van der Waals surface area contributed by atoms with Gasteiger partial charge in [-0.05, 0) is 6.07 Å². The van der Waals surface area contributed by atoms with Crippen LogP contribution in [0.15, 0.2) is 34.6 Å². The highest BCUT2D eigenvalue weighted by atomic mass is 32.1. The topological polar surface area (TPSA) is 81.4 Å². The van der Waals surface area contributed by atoms with Crippen LogP contribution in [0.1, 0.15) is 10.4 Å². The zero-order chi connectivity index (χ0) is 12.1. The summed E-state index contributed by atoms with van der Waals surface area (Å²) in [7, 11) is 0. The second-order valence-electron chi connectivity index (χ2n) is 2.97. The Kier molecular flexibility index (Phi) is 3.51. The van der Waals surface area contributed by atoms with Crippen LogP contribution in [0.2, 0.25) is 0 Å². The van der Waals surface area contributed by atoms with E-state index in [1.54, 1.807) is 11.6 Å². The zero-order valence-electron chi connectivity index (χ0n) is 8.58. The van der Waals surface area contributed by atoms with Gasteiger partial charge in [0.15, 0.2) is 11.7 Å². The van der Waals surface area contributed by atoms with E-state index in [4.69, 9.17) is 9.15 Å². The summed E-state index contributed by atoms with van der Waals surface area (Å²) in [5, 5.41) is 4.69. The lowest BCUT2D eigenvalue weighted by Crippen LogP contribution is -2.20. The summed E-state index contributed by atoms with van der Waals surface area (Å²) < 4.78 is 9.48. The van der Waals surface area contributed by atoms with Crippen LogP contribution in [0.5, 0.6) is 0 Å². The monoisotopic (exact) mass is 252 g/mol. The molecule has 2 rings (SSSR count). The number of thiazole rings is 1. The summed E-state index contributed by atoms with van der Waals surface area (Å²) in [5.41, 5.74) is 0.270. The van der Waals surface area contributed by atoms with Gasteiger partial charge in [0.25, 0.3) is 5.91 Å². The quantitative estimate of drug-likeness (QED) is 0.834. The van der Waals surface area contributed by atoms with Crippen molar-refractivity contribution in [3.8, 4) is 0 Å². The number of aromatic nitrogens is 1. The molecule has 0 saturated carbocycles. The van der Waals surface area contributed by atoms with E-state index in [1.165, 1.54) is 29.9 Å². The number of hydrogen-bond donors (Lipinski definition) is 1. The summed E-state index contributed by atoms with van der Waals surface area (Å²) in [5.74, 6) is -1.04. The van der Waals surface area contributed by atoms with Crippen LogP contribution < -0.4 is 5.32 Å². The zero-order valence-corrected chi connectivity index (χ0v) is 9.40. The Morgan fingerprint density at radius 3 is 3.06 bits per heavy atom. The molecule has 2 aromatic rings. The second kappa shape index (κ2) is 5.26. The van der Waals surface area contributed by atoms with E-state index < -0.39 is 11.9 Å². The number of ether oxygens (including phenoxy) is 1. The number of nitrogens with one attached hydrogen (secondary N) is 1. The summed E-state index contributed by atoms with van der Waals surface area (Å²) in [6.07, 6.45) is 4.17. The minimum absolute atomic E-state index is 0.270. The van der Waals surface area contributed by atoms with Crippen LogP contribution in [-0.4, -0.2) is 23.5 Å².